The van der Waals surface area contributed by atoms with Crippen LogP contribution in [0.3, 0.4) is 0 Å². The average molecular weight is 621 g/mol. The lowest BCUT2D eigenvalue weighted by Crippen LogP contribution is -2.50. The van der Waals surface area contributed by atoms with Gasteiger partial charge in [-0.1, -0.05) is 125 Å². The van der Waals surface area contributed by atoms with Crippen molar-refractivity contribution in [3.05, 3.63) is 30.3 Å². The number of rotatable bonds is 26. The lowest BCUT2D eigenvalue weighted by molar-refractivity contribution is -0.929. The summed E-state index contributed by atoms with van der Waals surface area (Å²) in [5.41, 5.74) is 0. The molecule has 0 aliphatic heterocycles. The van der Waals surface area contributed by atoms with Crippen LogP contribution in [-0.2, 0) is 0 Å². The minimum atomic E-state index is -2.23. The molecule has 6 heteroatoms. The molecular formula is C38H77BN2O3. The van der Waals surface area contributed by atoms with Crippen LogP contribution in [0.2, 0.25) is 0 Å². The van der Waals surface area contributed by atoms with Crippen LogP contribution in [-0.4, -0.2) is 68.6 Å². The van der Waals surface area contributed by atoms with Crippen molar-refractivity contribution < 1.29 is 23.7 Å². The fourth-order valence-electron chi connectivity index (χ4n) is 5.90. The van der Waals surface area contributed by atoms with Crippen LogP contribution in [0.1, 0.15) is 158 Å². The highest BCUT2D eigenvalue weighted by Gasteiger charge is 2.25. The molecule has 0 bridgehead atoms. The average Bonchev–Trinajstić information content (AvgIpc) is 3.04. The third kappa shape index (κ3) is 25.2. The van der Waals surface area contributed by atoms with Crippen molar-refractivity contribution in [2.24, 2.45) is 0 Å². The van der Waals surface area contributed by atoms with Gasteiger partial charge in [-0.15, -0.1) is 0 Å². The lowest BCUT2D eigenvalue weighted by Gasteiger charge is -2.39. The Morgan fingerprint density at radius 2 is 0.659 bits per heavy atom. The van der Waals surface area contributed by atoms with Crippen molar-refractivity contribution in [1.82, 2.24) is 0 Å². The summed E-state index contributed by atoms with van der Waals surface area (Å²) in [6.07, 6.45) is 22.1. The number of unbranched alkanes of at least 4 members (excludes halogenated alkanes) is 8. The van der Waals surface area contributed by atoms with E-state index in [0.29, 0.717) is 5.75 Å². The Hall–Kier alpha value is -1.08. The van der Waals surface area contributed by atoms with Crippen LogP contribution in [0.5, 0.6) is 5.75 Å². The van der Waals surface area contributed by atoms with Gasteiger partial charge in [0.1, 0.15) is 7.32 Å². The van der Waals surface area contributed by atoms with Crippen molar-refractivity contribution in [1.29, 1.82) is 0 Å². The molecule has 0 fully saturated rings. The van der Waals surface area contributed by atoms with E-state index in [2.05, 4.69) is 60.0 Å². The minimum absolute atomic E-state index is 0.317. The molecule has 0 unspecified atom stereocenters. The van der Waals surface area contributed by atoms with E-state index in [1.165, 1.54) is 164 Å². The van der Waals surface area contributed by atoms with E-state index in [0.717, 1.165) is 0 Å². The van der Waals surface area contributed by atoms with Crippen LogP contribution in [0.25, 0.3) is 0 Å². The van der Waals surface area contributed by atoms with Gasteiger partial charge in [0.2, 0.25) is 0 Å². The summed E-state index contributed by atoms with van der Waals surface area (Å²) in [4.78, 5) is 0. The van der Waals surface area contributed by atoms with Gasteiger partial charge in [-0.3, -0.25) is 0 Å². The standard InChI is InChI=1S/2C16H36N.C6H5BO3/c2*1-5-9-13-17(14-10-6-2,15-11-7-3)16-12-8-4;8-7(9)10-6-4-2-1-3-5-6/h2*5-16H2,1-4H3;1-5H/q2*+1;-2. The molecule has 0 heterocycles. The van der Waals surface area contributed by atoms with Gasteiger partial charge >= 0.3 is 0 Å². The Morgan fingerprint density at radius 1 is 0.432 bits per heavy atom. The summed E-state index contributed by atoms with van der Waals surface area (Å²) < 4.78 is 7.14. The molecule has 0 saturated heterocycles. The molecule has 0 atom stereocenters. The number of quaternary nitrogens is 2. The fourth-order valence-corrected chi connectivity index (χ4v) is 5.90. The summed E-state index contributed by atoms with van der Waals surface area (Å²) in [5.74, 6) is 0.317. The van der Waals surface area contributed by atoms with Gasteiger partial charge in [0.25, 0.3) is 0 Å². The first-order chi connectivity index (χ1) is 21.3. The highest BCUT2D eigenvalue weighted by molar-refractivity contribution is 6.29. The maximum Gasteiger partial charge on any atom is 0.133 e. The summed E-state index contributed by atoms with van der Waals surface area (Å²) in [6.45, 7) is 30.0. The molecular weight excluding hydrogens is 543 g/mol. The number of hydrogen-bond acceptors (Lipinski definition) is 3. The molecule has 0 radical (unpaired) electrons. The van der Waals surface area contributed by atoms with Crippen LogP contribution in [0.4, 0.5) is 0 Å². The highest BCUT2D eigenvalue weighted by atomic mass is 16.6. The molecule has 0 spiro atoms. The second kappa shape index (κ2) is 31.9. The fraction of sp³-hybridized carbons (Fsp3) is 0.842. The first kappa shape index (κ1) is 45.0. The van der Waals surface area contributed by atoms with E-state index in [1.807, 2.05) is 0 Å². The molecule has 0 aliphatic rings. The Balaban J connectivity index is 0. The third-order valence-corrected chi connectivity index (χ3v) is 8.86. The molecule has 0 N–H and O–H groups in total. The molecule has 0 saturated carbocycles. The first-order valence-electron chi connectivity index (χ1n) is 19.0. The molecule has 44 heavy (non-hydrogen) atoms. The molecule has 0 amide bonds. The molecule has 0 aromatic heterocycles. The van der Waals surface area contributed by atoms with Crippen molar-refractivity contribution in [2.45, 2.75) is 158 Å². The van der Waals surface area contributed by atoms with Crippen LogP contribution < -0.4 is 14.7 Å². The van der Waals surface area contributed by atoms with Gasteiger partial charge < -0.3 is 23.7 Å². The zero-order valence-corrected chi connectivity index (χ0v) is 31.1. The quantitative estimate of drug-likeness (QED) is 0.0769. The number of hydrogen-bond donors (Lipinski definition) is 0. The van der Waals surface area contributed by atoms with Crippen molar-refractivity contribution in [3.63, 3.8) is 0 Å². The smallest absolute Gasteiger partial charge is 0.133 e. The van der Waals surface area contributed by atoms with E-state index in [9.17, 15) is 10.0 Å². The largest absolute Gasteiger partial charge is 0.860 e. The Bertz CT molecular complexity index is 579. The third-order valence-electron chi connectivity index (χ3n) is 8.86. The molecule has 260 valence electrons. The summed E-state index contributed by atoms with van der Waals surface area (Å²) in [5, 5.41) is 19.8. The Labute approximate surface area is 277 Å². The number of para-hydroxylation sites is 1. The van der Waals surface area contributed by atoms with Gasteiger partial charge in [0, 0.05) is 0 Å². The maximum absolute atomic E-state index is 9.92. The molecule has 1 rings (SSSR count). The topological polar surface area (TPSA) is 55.3 Å². The van der Waals surface area contributed by atoms with Crippen LogP contribution in [0.15, 0.2) is 30.3 Å². The van der Waals surface area contributed by atoms with Crippen molar-refractivity contribution >= 4 is 7.32 Å². The van der Waals surface area contributed by atoms with Crippen LogP contribution in [0, 0.1) is 0 Å². The van der Waals surface area contributed by atoms with E-state index >= 15 is 0 Å². The summed E-state index contributed by atoms with van der Waals surface area (Å²) in [7, 11) is -2.23. The van der Waals surface area contributed by atoms with Gasteiger partial charge in [0.05, 0.1) is 58.1 Å². The van der Waals surface area contributed by atoms with Crippen LogP contribution >= 0.6 is 0 Å². The normalized spacial score (nSPS) is 11.3. The lowest BCUT2D eigenvalue weighted by atomic mass is 10.1. The van der Waals surface area contributed by atoms with E-state index in [4.69, 9.17) is 0 Å². The Morgan fingerprint density at radius 3 is 0.841 bits per heavy atom. The van der Waals surface area contributed by atoms with Crippen molar-refractivity contribution in [3.8, 4) is 5.75 Å². The van der Waals surface area contributed by atoms with Gasteiger partial charge in [-0.25, -0.2) is 0 Å². The second-order valence-corrected chi connectivity index (χ2v) is 13.0. The molecule has 1 aromatic rings. The zero-order valence-electron chi connectivity index (χ0n) is 31.1. The molecule has 0 aliphatic carbocycles. The number of nitrogens with zero attached hydrogens (tertiary/aromatic N) is 2. The SMILES string of the molecule is CCCC[N+](CCCC)(CCCC)CCCC.CCCC[N+](CCCC)(CCCC)CCCC.[O-]B([O-])Oc1ccccc1. The first-order valence-corrected chi connectivity index (χ1v) is 19.0. The van der Waals surface area contributed by atoms with E-state index < -0.39 is 7.32 Å². The zero-order chi connectivity index (χ0) is 33.4. The Kier molecular flexibility index (Phi) is 32.6. The number of benzene rings is 1. The second-order valence-electron chi connectivity index (χ2n) is 13.0. The predicted molar refractivity (Wildman–Crippen MR) is 192 cm³/mol. The van der Waals surface area contributed by atoms with Gasteiger partial charge in [-0.2, -0.15) is 0 Å². The van der Waals surface area contributed by atoms with E-state index in [1.54, 1.807) is 30.3 Å². The summed E-state index contributed by atoms with van der Waals surface area (Å²) in [6, 6.07) is 8.28. The maximum atomic E-state index is 9.92. The molecule has 1 aromatic carbocycles. The van der Waals surface area contributed by atoms with Gasteiger partial charge in [-0.05, 0) is 63.5 Å². The monoisotopic (exact) mass is 621 g/mol. The highest BCUT2D eigenvalue weighted by Crippen LogP contribution is 2.17. The van der Waals surface area contributed by atoms with Crippen molar-refractivity contribution in [2.75, 3.05) is 52.4 Å². The summed E-state index contributed by atoms with van der Waals surface area (Å²) >= 11 is 0. The van der Waals surface area contributed by atoms with E-state index in [-0.39, 0.29) is 0 Å². The van der Waals surface area contributed by atoms with Gasteiger partial charge in [0.15, 0.2) is 0 Å². The molecule has 5 nitrogen and oxygen atoms in total. The predicted octanol–water partition coefficient (Wildman–Crippen LogP) is 8.78. The minimum Gasteiger partial charge on any atom is -0.860 e.